The molecule has 0 spiro atoms. The quantitative estimate of drug-likeness (QED) is 0.713. The summed E-state index contributed by atoms with van der Waals surface area (Å²) in [4.78, 5) is 25.1. The van der Waals surface area contributed by atoms with Gasteiger partial charge >= 0.3 is 6.03 Å². The Morgan fingerprint density at radius 3 is 2.46 bits per heavy atom. The first kappa shape index (κ1) is 19.6. The van der Waals surface area contributed by atoms with E-state index in [4.69, 9.17) is 21.1 Å². The van der Waals surface area contributed by atoms with Crippen molar-refractivity contribution in [2.45, 2.75) is 13.0 Å². The summed E-state index contributed by atoms with van der Waals surface area (Å²) in [6.45, 7) is 1.68. The molecule has 0 bridgehead atoms. The fourth-order valence-electron chi connectivity index (χ4n) is 3.02. The molecular formula is C20H20ClN3O4. The fourth-order valence-corrected chi connectivity index (χ4v) is 3.15. The number of nitrogens with one attached hydrogen (secondary N) is 3. The number of carbonyl (C=O) groups excluding carboxylic acids is 2. The third kappa shape index (κ3) is 4.04. The zero-order chi connectivity index (χ0) is 20.3. The van der Waals surface area contributed by atoms with E-state index >= 15 is 0 Å². The first-order chi connectivity index (χ1) is 13.4. The number of carbonyl (C=O) groups is 2. The van der Waals surface area contributed by atoms with Gasteiger partial charge in [0.25, 0.3) is 5.91 Å². The van der Waals surface area contributed by atoms with Gasteiger partial charge in [0.1, 0.15) is 11.5 Å². The van der Waals surface area contributed by atoms with Gasteiger partial charge in [0.05, 0.1) is 25.8 Å². The van der Waals surface area contributed by atoms with Crippen LogP contribution in [0.15, 0.2) is 53.7 Å². The molecule has 8 heteroatoms. The third-order valence-electron chi connectivity index (χ3n) is 4.36. The second-order valence-corrected chi connectivity index (χ2v) is 6.58. The number of anilines is 1. The summed E-state index contributed by atoms with van der Waals surface area (Å²) >= 11 is 5.90. The maximum atomic E-state index is 13.0. The van der Waals surface area contributed by atoms with Crippen molar-refractivity contribution in [3.8, 4) is 11.5 Å². The van der Waals surface area contributed by atoms with E-state index in [1.54, 1.807) is 56.5 Å². The number of allylic oxidation sites excluding steroid dienone is 1. The molecule has 0 saturated carbocycles. The van der Waals surface area contributed by atoms with Crippen molar-refractivity contribution in [3.63, 3.8) is 0 Å². The van der Waals surface area contributed by atoms with Crippen molar-refractivity contribution in [1.29, 1.82) is 0 Å². The van der Waals surface area contributed by atoms with E-state index in [0.29, 0.717) is 39.0 Å². The van der Waals surface area contributed by atoms with Crippen molar-refractivity contribution in [3.05, 3.63) is 64.3 Å². The van der Waals surface area contributed by atoms with Gasteiger partial charge in [0.15, 0.2) is 0 Å². The number of amides is 3. The van der Waals surface area contributed by atoms with Gasteiger partial charge in [-0.1, -0.05) is 11.6 Å². The lowest BCUT2D eigenvalue weighted by Crippen LogP contribution is -2.46. The SMILES string of the molecule is COc1ccc(OC)c(C2NC(=O)NC(C)=C2C(=O)Nc2ccc(Cl)cc2)c1. The lowest BCUT2D eigenvalue weighted by Gasteiger charge is -2.29. The van der Waals surface area contributed by atoms with Crippen LogP contribution in [0.4, 0.5) is 10.5 Å². The zero-order valence-electron chi connectivity index (χ0n) is 15.6. The Hall–Kier alpha value is -3.19. The molecule has 2 aromatic rings. The molecule has 28 heavy (non-hydrogen) atoms. The minimum Gasteiger partial charge on any atom is -0.497 e. The highest BCUT2D eigenvalue weighted by Gasteiger charge is 2.33. The molecule has 1 aliphatic heterocycles. The van der Waals surface area contributed by atoms with Gasteiger partial charge in [0, 0.05) is 22.0 Å². The molecule has 1 atom stereocenters. The fraction of sp³-hybridized carbons (Fsp3) is 0.200. The standard InChI is InChI=1S/C20H20ClN3O4/c1-11-17(19(25)23-13-6-4-12(21)5-7-13)18(24-20(26)22-11)15-10-14(27-2)8-9-16(15)28-3/h4-10,18H,1-3H3,(H,23,25)(H2,22,24,26). The van der Waals surface area contributed by atoms with Gasteiger partial charge in [-0.05, 0) is 49.4 Å². The Balaban J connectivity index is 2.01. The third-order valence-corrected chi connectivity index (χ3v) is 4.62. The summed E-state index contributed by atoms with van der Waals surface area (Å²) in [5.74, 6) is 0.749. The Morgan fingerprint density at radius 2 is 1.82 bits per heavy atom. The number of hydrogen-bond acceptors (Lipinski definition) is 4. The topological polar surface area (TPSA) is 88.7 Å². The highest BCUT2D eigenvalue weighted by Crippen LogP contribution is 2.35. The summed E-state index contributed by atoms with van der Waals surface area (Å²) in [6.07, 6.45) is 0. The molecule has 2 aromatic carbocycles. The number of halogens is 1. The summed E-state index contributed by atoms with van der Waals surface area (Å²) in [7, 11) is 3.07. The number of methoxy groups -OCH3 is 2. The van der Waals surface area contributed by atoms with Crippen LogP contribution in [0.25, 0.3) is 0 Å². The number of benzene rings is 2. The van der Waals surface area contributed by atoms with Crippen LogP contribution >= 0.6 is 11.6 Å². The predicted octanol–water partition coefficient (Wildman–Crippen LogP) is 3.62. The molecular weight excluding hydrogens is 382 g/mol. The van der Waals surface area contributed by atoms with E-state index in [1.165, 1.54) is 7.11 Å². The van der Waals surface area contributed by atoms with E-state index in [2.05, 4.69) is 16.0 Å². The van der Waals surface area contributed by atoms with Gasteiger partial charge in [-0.3, -0.25) is 4.79 Å². The summed E-state index contributed by atoms with van der Waals surface area (Å²) in [5, 5.41) is 8.84. The summed E-state index contributed by atoms with van der Waals surface area (Å²) in [6, 6.07) is 10.9. The lowest BCUT2D eigenvalue weighted by atomic mass is 9.93. The highest BCUT2D eigenvalue weighted by atomic mass is 35.5. The van der Waals surface area contributed by atoms with Crippen LogP contribution in [0.5, 0.6) is 11.5 Å². The average molecular weight is 402 g/mol. The maximum absolute atomic E-state index is 13.0. The molecule has 1 aliphatic rings. The number of ether oxygens (including phenoxy) is 2. The van der Waals surface area contributed by atoms with Crippen LogP contribution in [0.1, 0.15) is 18.5 Å². The van der Waals surface area contributed by atoms with Crippen LogP contribution in [-0.2, 0) is 4.79 Å². The average Bonchev–Trinajstić information content (AvgIpc) is 2.68. The lowest BCUT2D eigenvalue weighted by molar-refractivity contribution is -0.113. The molecule has 3 amide bonds. The Bertz CT molecular complexity index is 941. The molecule has 1 heterocycles. The van der Waals surface area contributed by atoms with Crippen molar-refractivity contribution >= 4 is 29.2 Å². The van der Waals surface area contributed by atoms with Gasteiger partial charge in [-0.25, -0.2) is 4.79 Å². The van der Waals surface area contributed by atoms with Crippen LogP contribution < -0.4 is 25.4 Å². The largest absolute Gasteiger partial charge is 0.497 e. The van der Waals surface area contributed by atoms with Crippen molar-refractivity contribution in [1.82, 2.24) is 10.6 Å². The van der Waals surface area contributed by atoms with Crippen LogP contribution in [0.2, 0.25) is 5.02 Å². The minimum absolute atomic E-state index is 0.359. The molecule has 0 saturated heterocycles. The highest BCUT2D eigenvalue weighted by molar-refractivity contribution is 6.30. The maximum Gasteiger partial charge on any atom is 0.319 e. The second-order valence-electron chi connectivity index (χ2n) is 6.14. The van der Waals surface area contributed by atoms with E-state index in [9.17, 15) is 9.59 Å². The van der Waals surface area contributed by atoms with E-state index in [1.807, 2.05) is 0 Å². The molecule has 0 aliphatic carbocycles. The molecule has 3 N–H and O–H groups in total. The first-order valence-corrected chi connectivity index (χ1v) is 8.88. The smallest absolute Gasteiger partial charge is 0.319 e. The minimum atomic E-state index is -0.717. The second kappa shape index (κ2) is 8.22. The molecule has 1 unspecified atom stereocenters. The Morgan fingerprint density at radius 1 is 1.11 bits per heavy atom. The van der Waals surface area contributed by atoms with Gasteiger partial charge in [-0.15, -0.1) is 0 Å². The number of rotatable bonds is 5. The predicted molar refractivity (Wildman–Crippen MR) is 107 cm³/mol. The summed E-state index contributed by atoms with van der Waals surface area (Å²) in [5.41, 5.74) is 2.01. The first-order valence-electron chi connectivity index (χ1n) is 8.50. The van der Waals surface area contributed by atoms with Gasteiger partial charge in [-0.2, -0.15) is 0 Å². The monoisotopic (exact) mass is 401 g/mol. The normalized spacial score (nSPS) is 16.1. The van der Waals surface area contributed by atoms with Crippen molar-refractivity contribution < 1.29 is 19.1 Å². The number of urea groups is 1. The molecule has 3 rings (SSSR count). The van der Waals surface area contributed by atoms with Gasteiger partial charge < -0.3 is 25.4 Å². The number of hydrogen-bond donors (Lipinski definition) is 3. The molecule has 146 valence electrons. The Labute approximate surface area is 167 Å². The molecule has 0 fully saturated rings. The van der Waals surface area contributed by atoms with E-state index in [-0.39, 0.29) is 5.91 Å². The zero-order valence-corrected chi connectivity index (χ0v) is 16.4. The van der Waals surface area contributed by atoms with Gasteiger partial charge in [0.2, 0.25) is 0 Å². The van der Waals surface area contributed by atoms with Crippen LogP contribution in [-0.4, -0.2) is 26.2 Å². The summed E-state index contributed by atoms with van der Waals surface area (Å²) < 4.78 is 10.7. The molecule has 7 nitrogen and oxygen atoms in total. The van der Waals surface area contributed by atoms with E-state index < -0.39 is 12.1 Å². The van der Waals surface area contributed by atoms with E-state index in [0.717, 1.165) is 0 Å². The van der Waals surface area contributed by atoms with Crippen molar-refractivity contribution in [2.75, 3.05) is 19.5 Å². The molecule has 0 radical (unpaired) electrons. The van der Waals surface area contributed by atoms with Crippen LogP contribution in [0, 0.1) is 0 Å². The molecule has 0 aromatic heterocycles. The Kier molecular flexibility index (Phi) is 5.75. The van der Waals surface area contributed by atoms with Crippen molar-refractivity contribution in [2.24, 2.45) is 0 Å². The van der Waals surface area contributed by atoms with Crippen LogP contribution in [0.3, 0.4) is 0 Å².